The molecule has 0 aliphatic carbocycles. The van der Waals surface area contributed by atoms with Crippen molar-refractivity contribution < 1.29 is 19.3 Å². The maximum absolute atomic E-state index is 14.3. The van der Waals surface area contributed by atoms with Gasteiger partial charge in [0.1, 0.15) is 18.3 Å². The Hall–Kier alpha value is -0.630. The summed E-state index contributed by atoms with van der Waals surface area (Å²) in [7, 11) is 0. The molecule has 0 amide bonds. The van der Waals surface area contributed by atoms with Crippen LogP contribution in [0.2, 0.25) is 15.3 Å². The van der Waals surface area contributed by atoms with Gasteiger partial charge in [-0.25, -0.2) is 9.37 Å². The molecule has 1 fully saturated rings. The third-order valence-corrected chi connectivity index (χ3v) is 4.44. The Kier molecular flexibility index (Phi) is 4.02. The number of hydrogen-bond donors (Lipinski definition) is 3. The van der Waals surface area contributed by atoms with Crippen molar-refractivity contribution in [1.82, 2.24) is 9.97 Å². The summed E-state index contributed by atoms with van der Waals surface area (Å²) in [6, 6.07) is 1.52. The van der Waals surface area contributed by atoms with Crippen LogP contribution in [0.5, 0.6) is 0 Å². The van der Waals surface area contributed by atoms with Crippen molar-refractivity contribution >= 4 is 45.8 Å². The lowest BCUT2D eigenvalue weighted by molar-refractivity contribution is -0.0222. The molecule has 2 heterocycles. The molecule has 1 aliphatic heterocycles. The van der Waals surface area contributed by atoms with E-state index in [2.05, 4.69) is 9.97 Å². The first kappa shape index (κ1) is 15.3. The van der Waals surface area contributed by atoms with Crippen LogP contribution in [0.3, 0.4) is 0 Å². The highest BCUT2D eigenvalue weighted by molar-refractivity contribution is 6.43. The van der Waals surface area contributed by atoms with E-state index in [0.29, 0.717) is 11.0 Å². The minimum atomic E-state index is -1.77. The number of fused-ring (bicyclic) bond motifs is 1. The lowest BCUT2D eigenvalue weighted by Gasteiger charge is -2.16. The molecule has 114 valence electrons. The molecule has 2 aromatic rings. The summed E-state index contributed by atoms with van der Waals surface area (Å²) in [5.41, 5.74) is 0.986. The lowest BCUT2D eigenvalue weighted by atomic mass is 10.0. The van der Waals surface area contributed by atoms with Crippen molar-refractivity contribution in [3.8, 4) is 0 Å². The number of ether oxygens (including phenoxy) is 1. The molecule has 3 rings (SSSR count). The molecule has 9 heteroatoms. The van der Waals surface area contributed by atoms with Crippen molar-refractivity contribution in [3.63, 3.8) is 0 Å². The maximum Gasteiger partial charge on any atom is 0.201 e. The molecule has 5 nitrogen and oxygen atoms in total. The zero-order chi connectivity index (χ0) is 15.3. The Morgan fingerprint density at radius 3 is 2.71 bits per heavy atom. The summed E-state index contributed by atoms with van der Waals surface area (Å²) in [5, 5.41) is 19.2. The van der Waals surface area contributed by atoms with E-state index in [0.717, 1.165) is 0 Å². The Balaban J connectivity index is 2.18. The molecule has 0 unspecified atom stereocenters. The monoisotopic (exact) mass is 354 g/mol. The highest BCUT2D eigenvalue weighted by atomic mass is 35.5. The summed E-state index contributed by atoms with van der Waals surface area (Å²) in [4.78, 5) is 6.81. The van der Waals surface area contributed by atoms with Crippen LogP contribution in [-0.2, 0) is 4.74 Å². The molecular weight excluding hydrogens is 346 g/mol. The number of aromatic nitrogens is 2. The topological polar surface area (TPSA) is 78.4 Å². The molecule has 1 aromatic heterocycles. The van der Waals surface area contributed by atoms with Gasteiger partial charge >= 0.3 is 0 Å². The summed E-state index contributed by atoms with van der Waals surface area (Å²) < 4.78 is 19.7. The third-order valence-electron chi connectivity index (χ3n) is 3.46. The Labute approximate surface area is 133 Å². The van der Waals surface area contributed by atoms with Gasteiger partial charge in [-0.3, -0.25) is 0 Å². The van der Waals surface area contributed by atoms with Gasteiger partial charge in [-0.05, 0) is 17.7 Å². The number of imidazole rings is 1. The molecule has 21 heavy (non-hydrogen) atoms. The molecule has 0 saturated carbocycles. The fraction of sp³-hybridized carbons (Fsp3) is 0.417. The van der Waals surface area contributed by atoms with Crippen LogP contribution < -0.4 is 0 Å². The van der Waals surface area contributed by atoms with Crippen molar-refractivity contribution in [1.29, 1.82) is 0 Å². The van der Waals surface area contributed by atoms with Crippen LogP contribution in [0.15, 0.2) is 6.07 Å². The van der Waals surface area contributed by atoms with E-state index in [4.69, 9.17) is 44.6 Å². The number of H-pyrrole nitrogens is 1. The number of halogens is 4. The molecule has 1 aromatic carbocycles. The number of nitrogens with one attached hydrogen (secondary N) is 1. The quantitative estimate of drug-likeness (QED) is 0.774. The maximum atomic E-state index is 14.3. The molecule has 1 saturated heterocycles. The highest BCUT2D eigenvalue weighted by Crippen LogP contribution is 2.44. The number of aliphatic hydroxyl groups excluding tert-OH is 2. The Morgan fingerprint density at radius 1 is 1.38 bits per heavy atom. The number of rotatable bonds is 2. The van der Waals surface area contributed by atoms with Crippen LogP contribution in [0.25, 0.3) is 11.0 Å². The van der Waals surface area contributed by atoms with E-state index in [1.807, 2.05) is 0 Å². The minimum Gasteiger partial charge on any atom is -0.394 e. The normalized spacial score (nSPS) is 29.4. The predicted octanol–water partition coefficient (Wildman–Crippen LogP) is 2.65. The number of hydrogen-bond acceptors (Lipinski definition) is 4. The Bertz CT molecular complexity index is 696. The van der Waals surface area contributed by atoms with Gasteiger partial charge in [-0.1, -0.05) is 23.2 Å². The number of aromatic amines is 1. The molecule has 0 radical (unpaired) electrons. The van der Waals surface area contributed by atoms with Crippen molar-refractivity contribution in [2.45, 2.75) is 24.5 Å². The number of aliphatic hydroxyl groups is 2. The standard InChI is InChI=1S/C12H10Cl3FN2O3/c13-3-1-4-9(18-12(15)17-4)6(7(3)14)11-8(16)10(20)5(2-19)21-11/h1,5,8,10-11,19-20H,2H2,(H,17,18)/t5-,8+,10-,11+/m1/s1. The molecule has 3 N–H and O–H groups in total. The van der Waals surface area contributed by atoms with E-state index >= 15 is 0 Å². The molecule has 0 bridgehead atoms. The lowest BCUT2D eigenvalue weighted by Crippen LogP contribution is -2.30. The van der Waals surface area contributed by atoms with Gasteiger partial charge < -0.3 is 19.9 Å². The van der Waals surface area contributed by atoms with Gasteiger partial charge in [0.2, 0.25) is 5.28 Å². The summed E-state index contributed by atoms with van der Waals surface area (Å²) in [6.07, 6.45) is -5.45. The second kappa shape index (κ2) is 5.53. The smallest absolute Gasteiger partial charge is 0.201 e. The first-order valence-corrected chi connectivity index (χ1v) is 7.19. The van der Waals surface area contributed by atoms with Gasteiger partial charge in [-0.15, -0.1) is 0 Å². The first-order chi connectivity index (χ1) is 9.93. The highest BCUT2D eigenvalue weighted by Gasteiger charge is 2.46. The van der Waals surface area contributed by atoms with E-state index < -0.39 is 31.1 Å². The van der Waals surface area contributed by atoms with E-state index in [-0.39, 0.29) is 20.9 Å². The fourth-order valence-electron chi connectivity index (χ4n) is 2.46. The third kappa shape index (κ3) is 2.40. The summed E-state index contributed by atoms with van der Waals surface area (Å²) in [5.74, 6) is 0. The number of nitrogens with zero attached hydrogens (tertiary/aromatic N) is 1. The average molecular weight is 356 g/mol. The average Bonchev–Trinajstić information content (AvgIpc) is 2.93. The summed E-state index contributed by atoms with van der Waals surface area (Å²) >= 11 is 18.0. The molecular formula is C12H10Cl3FN2O3. The van der Waals surface area contributed by atoms with Crippen LogP contribution in [0.1, 0.15) is 11.7 Å². The SMILES string of the molecule is OC[C@H]1O[C@@H](c2c(Cl)c(Cl)cc3[nH]c(Cl)nc23)[C@@H](F)[C@@H]1O. The van der Waals surface area contributed by atoms with Gasteiger partial charge in [0.15, 0.2) is 6.17 Å². The second-order valence-electron chi connectivity index (χ2n) is 4.72. The second-order valence-corrected chi connectivity index (χ2v) is 5.87. The minimum absolute atomic E-state index is 0.0748. The molecule has 1 aliphatic rings. The first-order valence-electron chi connectivity index (χ1n) is 6.05. The Morgan fingerprint density at radius 2 is 2.10 bits per heavy atom. The number of benzene rings is 1. The van der Waals surface area contributed by atoms with Crippen LogP contribution in [0, 0.1) is 0 Å². The largest absolute Gasteiger partial charge is 0.394 e. The zero-order valence-electron chi connectivity index (χ0n) is 10.4. The van der Waals surface area contributed by atoms with Crippen molar-refractivity contribution in [2.24, 2.45) is 0 Å². The molecule has 4 atom stereocenters. The zero-order valence-corrected chi connectivity index (χ0v) is 12.6. The van der Waals surface area contributed by atoms with Gasteiger partial charge in [0.05, 0.1) is 27.7 Å². The van der Waals surface area contributed by atoms with E-state index in [1.165, 1.54) is 6.07 Å². The number of alkyl halides is 1. The van der Waals surface area contributed by atoms with Crippen LogP contribution in [-0.4, -0.2) is 45.2 Å². The van der Waals surface area contributed by atoms with Crippen LogP contribution in [0.4, 0.5) is 4.39 Å². The van der Waals surface area contributed by atoms with E-state index in [9.17, 15) is 9.50 Å². The summed E-state index contributed by atoms with van der Waals surface area (Å²) in [6.45, 7) is -0.513. The fourth-order valence-corrected chi connectivity index (χ4v) is 3.10. The van der Waals surface area contributed by atoms with Crippen LogP contribution >= 0.6 is 34.8 Å². The van der Waals surface area contributed by atoms with Gasteiger partial charge in [0.25, 0.3) is 0 Å². The van der Waals surface area contributed by atoms with Gasteiger partial charge in [0, 0.05) is 5.56 Å². The van der Waals surface area contributed by atoms with E-state index in [1.54, 1.807) is 0 Å². The van der Waals surface area contributed by atoms with Crippen molar-refractivity contribution in [3.05, 3.63) is 27.0 Å². The van der Waals surface area contributed by atoms with Gasteiger partial charge in [-0.2, -0.15) is 0 Å². The predicted molar refractivity (Wildman–Crippen MR) is 76.7 cm³/mol. The molecule has 0 spiro atoms. The van der Waals surface area contributed by atoms with Crippen molar-refractivity contribution in [2.75, 3.05) is 6.61 Å².